The summed E-state index contributed by atoms with van der Waals surface area (Å²) >= 11 is 0. The van der Waals surface area contributed by atoms with Gasteiger partial charge in [0.1, 0.15) is 11.9 Å². The Bertz CT molecular complexity index is 1250. The summed E-state index contributed by atoms with van der Waals surface area (Å²) in [6.45, 7) is 5.19. The maximum absolute atomic E-state index is 14.2. The Hall–Kier alpha value is -2.40. The molecule has 7 fully saturated rings. The van der Waals surface area contributed by atoms with Gasteiger partial charge in [0, 0.05) is 22.7 Å². The molecule has 5 aliphatic carbocycles. The van der Waals surface area contributed by atoms with Crippen LogP contribution in [-0.4, -0.2) is 41.1 Å². The van der Waals surface area contributed by atoms with Crippen LogP contribution in [-0.2, 0) is 9.53 Å². The number of esters is 1. The molecule has 1 spiro atoms. The van der Waals surface area contributed by atoms with Gasteiger partial charge in [-0.25, -0.2) is 0 Å². The quantitative estimate of drug-likeness (QED) is 0.357. The van der Waals surface area contributed by atoms with Gasteiger partial charge < -0.3 is 9.47 Å². The molecule has 0 radical (unpaired) electrons. The van der Waals surface area contributed by atoms with Gasteiger partial charge in [0.15, 0.2) is 0 Å². The smallest absolute Gasteiger partial charge is 0.312 e. The summed E-state index contributed by atoms with van der Waals surface area (Å²) in [6, 6.07) is 8.37. The average Bonchev–Trinajstić information content (AvgIpc) is 3.08. The first-order valence-electron chi connectivity index (χ1n) is 14.5. The van der Waals surface area contributed by atoms with Crippen LogP contribution in [0.25, 0.3) is 10.9 Å². The first-order chi connectivity index (χ1) is 18.0. The van der Waals surface area contributed by atoms with Crippen LogP contribution < -0.4 is 4.74 Å². The average molecular weight is 499 g/mol. The van der Waals surface area contributed by atoms with Crippen molar-refractivity contribution < 1.29 is 14.3 Å². The minimum atomic E-state index is -0.273. The molecule has 3 heterocycles. The minimum absolute atomic E-state index is 0.0822. The second-order valence-electron chi connectivity index (χ2n) is 13.4. The van der Waals surface area contributed by atoms with Gasteiger partial charge in [-0.3, -0.25) is 14.7 Å². The van der Waals surface area contributed by atoms with Gasteiger partial charge in [-0.05, 0) is 118 Å². The third kappa shape index (κ3) is 3.07. The lowest BCUT2D eigenvalue weighted by atomic mass is 9.49. The number of methoxy groups -OCH3 is 1. The predicted octanol–water partition coefficient (Wildman–Crippen LogP) is 6.08. The Kier molecular flexibility index (Phi) is 4.77. The van der Waals surface area contributed by atoms with E-state index in [4.69, 9.17) is 9.47 Å². The monoisotopic (exact) mass is 498 g/mol. The van der Waals surface area contributed by atoms with E-state index in [-0.39, 0.29) is 23.5 Å². The van der Waals surface area contributed by atoms with Crippen LogP contribution >= 0.6 is 0 Å². The first-order valence-corrected chi connectivity index (χ1v) is 14.5. The largest absolute Gasteiger partial charge is 0.497 e. The summed E-state index contributed by atoms with van der Waals surface area (Å²) in [5.41, 5.74) is 2.06. The molecule has 37 heavy (non-hydrogen) atoms. The third-order valence-corrected chi connectivity index (χ3v) is 11.7. The van der Waals surface area contributed by atoms with Gasteiger partial charge in [0.2, 0.25) is 0 Å². The van der Waals surface area contributed by atoms with Crippen molar-refractivity contribution in [3.8, 4) is 5.75 Å². The number of hydrogen-bond acceptors (Lipinski definition) is 5. The fraction of sp³-hybridized carbons (Fsp3) is 0.625. The number of ether oxygens (including phenoxy) is 2. The van der Waals surface area contributed by atoms with Crippen molar-refractivity contribution in [3.63, 3.8) is 0 Å². The van der Waals surface area contributed by atoms with E-state index in [0.717, 1.165) is 78.1 Å². The summed E-state index contributed by atoms with van der Waals surface area (Å²) in [4.78, 5) is 21.6. The molecule has 5 nitrogen and oxygen atoms in total. The molecule has 1 aromatic heterocycles. The number of carbonyl (C=O) groups excluding carboxylic acids is 1. The fourth-order valence-electron chi connectivity index (χ4n) is 10.5. The highest BCUT2D eigenvalue weighted by molar-refractivity contribution is 5.85. The molecule has 5 atom stereocenters. The molecule has 194 valence electrons. The van der Waals surface area contributed by atoms with Crippen LogP contribution in [0.3, 0.4) is 0 Å². The Morgan fingerprint density at radius 1 is 1.11 bits per heavy atom. The van der Waals surface area contributed by atoms with Gasteiger partial charge in [-0.1, -0.05) is 6.08 Å². The van der Waals surface area contributed by atoms with Gasteiger partial charge in [0.05, 0.1) is 24.1 Å². The molecule has 2 saturated heterocycles. The molecule has 9 rings (SSSR count). The maximum Gasteiger partial charge on any atom is 0.312 e. The molecule has 2 aromatic rings. The first kappa shape index (κ1) is 22.6. The van der Waals surface area contributed by atoms with E-state index in [1.807, 2.05) is 18.3 Å². The third-order valence-electron chi connectivity index (χ3n) is 11.7. The summed E-state index contributed by atoms with van der Waals surface area (Å²) < 4.78 is 12.4. The number of fused-ring (bicyclic) bond motifs is 1. The standard InChI is InChI=1S/C32H38N2O3/c1-3-22-17-32-18-28(34(32)9-7-26(22)32)29(24-6-8-33-27-5-4-23(36-2)13-25(24)27)37-30(35)31-14-19-10-20(15-31)12-21(11-19)16-31/h3-6,8,13,19-22,26,28-29H,1,7,9-12,14-18H2,2H3/t19?,20?,21?,22-,26+,28-,29+,31?,32-/m1/s1. The lowest BCUT2D eigenvalue weighted by molar-refractivity contribution is -0.202. The zero-order valence-corrected chi connectivity index (χ0v) is 21.9. The Morgan fingerprint density at radius 3 is 2.57 bits per heavy atom. The Labute approximate surface area is 219 Å². The fourth-order valence-corrected chi connectivity index (χ4v) is 10.5. The van der Waals surface area contributed by atoms with Crippen molar-refractivity contribution >= 4 is 16.9 Å². The van der Waals surface area contributed by atoms with Crippen LogP contribution in [0, 0.1) is 35.0 Å². The molecule has 5 saturated carbocycles. The van der Waals surface area contributed by atoms with Crippen molar-refractivity contribution in [2.45, 2.75) is 75.5 Å². The molecule has 0 amide bonds. The van der Waals surface area contributed by atoms with Gasteiger partial charge in [-0.15, -0.1) is 6.58 Å². The van der Waals surface area contributed by atoms with Crippen molar-refractivity contribution in [1.29, 1.82) is 0 Å². The number of rotatable bonds is 6. The Balaban J connectivity index is 1.16. The summed E-state index contributed by atoms with van der Waals surface area (Å²) in [5, 5.41) is 1.04. The van der Waals surface area contributed by atoms with E-state index in [0.29, 0.717) is 11.5 Å². The minimum Gasteiger partial charge on any atom is -0.497 e. The highest BCUT2D eigenvalue weighted by atomic mass is 16.5. The van der Waals surface area contributed by atoms with Gasteiger partial charge in [-0.2, -0.15) is 0 Å². The highest BCUT2D eigenvalue weighted by Gasteiger charge is 2.69. The molecular formula is C32H38N2O3. The van der Waals surface area contributed by atoms with Crippen molar-refractivity contribution in [2.75, 3.05) is 13.7 Å². The van der Waals surface area contributed by atoms with Crippen LogP contribution in [0.2, 0.25) is 0 Å². The van der Waals surface area contributed by atoms with Crippen LogP contribution in [0.5, 0.6) is 5.75 Å². The number of aromatic nitrogens is 1. The molecule has 0 N–H and O–H groups in total. The summed E-state index contributed by atoms with van der Waals surface area (Å²) in [5.74, 6) is 4.42. The van der Waals surface area contributed by atoms with Crippen LogP contribution in [0.4, 0.5) is 0 Å². The van der Waals surface area contributed by atoms with E-state index >= 15 is 0 Å². The van der Waals surface area contributed by atoms with E-state index in [1.165, 1.54) is 32.1 Å². The molecule has 1 aromatic carbocycles. The zero-order chi connectivity index (χ0) is 24.9. The topological polar surface area (TPSA) is 51.7 Å². The number of benzene rings is 1. The van der Waals surface area contributed by atoms with Crippen LogP contribution in [0.1, 0.15) is 69.5 Å². The van der Waals surface area contributed by atoms with Crippen molar-refractivity contribution in [2.24, 2.45) is 35.0 Å². The van der Waals surface area contributed by atoms with Gasteiger partial charge >= 0.3 is 5.97 Å². The SMILES string of the molecule is C=C[C@@H]1C[C@]23C[C@H]([C@@H](OC(=O)C45CC6CC(CC(C6)C4)C5)c4ccnc5ccc(OC)cc45)N2CC[C@@H]13. The van der Waals surface area contributed by atoms with E-state index in [9.17, 15) is 4.79 Å². The Morgan fingerprint density at radius 2 is 1.86 bits per heavy atom. The molecule has 0 unspecified atom stereocenters. The predicted molar refractivity (Wildman–Crippen MR) is 142 cm³/mol. The van der Waals surface area contributed by atoms with E-state index in [1.54, 1.807) is 7.11 Å². The number of pyridine rings is 1. The van der Waals surface area contributed by atoms with Gasteiger partial charge in [0.25, 0.3) is 0 Å². The van der Waals surface area contributed by atoms with E-state index < -0.39 is 0 Å². The zero-order valence-electron chi connectivity index (χ0n) is 21.9. The summed E-state index contributed by atoms with van der Waals surface area (Å²) in [6.07, 6.45) is 14.4. The van der Waals surface area contributed by atoms with Crippen molar-refractivity contribution in [3.05, 3.63) is 48.7 Å². The molecule has 5 heteroatoms. The molecule has 4 bridgehead atoms. The lowest BCUT2D eigenvalue weighted by Crippen LogP contribution is -2.72. The lowest BCUT2D eigenvalue weighted by Gasteiger charge is -2.66. The van der Waals surface area contributed by atoms with Crippen LogP contribution in [0.15, 0.2) is 43.1 Å². The number of hydrogen-bond donors (Lipinski definition) is 0. The van der Waals surface area contributed by atoms with E-state index in [2.05, 4.69) is 34.7 Å². The second-order valence-corrected chi connectivity index (χ2v) is 13.4. The number of carbonyl (C=O) groups is 1. The normalized spacial score (nSPS) is 41.9. The molecule has 2 aliphatic heterocycles. The highest BCUT2D eigenvalue weighted by Crippen LogP contribution is 2.66. The number of nitrogens with zero attached hydrogens (tertiary/aromatic N) is 2. The number of allylic oxidation sites excluding steroid dienone is 1. The maximum atomic E-state index is 14.2. The molecular weight excluding hydrogens is 460 g/mol. The molecule has 7 aliphatic rings. The summed E-state index contributed by atoms with van der Waals surface area (Å²) in [7, 11) is 1.70. The van der Waals surface area contributed by atoms with Crippen molar-refractivity contribution in [1.82, 2.24) is 9.88 Å². The second kappa shape index (κ2) is 7.81.